The lowest BCUT2D eigenvalue weighted by Gasteiger charge is -2.18. The van der Waals surface area contributed by atoms with Crippen LogP contribution in [0.1, 0.15) is 12.5 Å². The van der Waals surface area contributed by atoms with E-state index in [9.17, 15) is 5.11 Å². The van der Waals surface area contributed by atoms with E-state index in [-0.39, 0.29) is 12.7 Å². The second-order valence-electron chi connectivity index (χ2n) is 4.83. The van der Waals surface area contributed by atoms with Gasteiger partial charge in [0.15, 0.2) is 0 Å². The molecule has 2 unspecified atom stereocenters. The zero-order valence-corrected chi connectivity index (χ0v) is 14.4. The predicted octanol–water partition coefficient (Wildman–Crippen LogP) is 2.42. The molecule has 2 atom stereocenters. The maximum Gasteiger partial charge on any atom is 0.0945 e. The van der Waals surface area contributed by atoms with E-state index in [2.05, 4.69) is 21.2 Å². The van der Waals surface area contributed by atoms with Gasteiger partial charge in [-0.25, -0.2) is 0 Å². The van der Waals surface area contributed by atoms with Crippen LogP contribution in [0, 0.1) is 0 Å². The number of hydrogen-bond donors (Lipinski definition) is 2. The molecule has 2 N–H and O–H groups in total. The first kappa shape index (κ1) is 18.4. The first-order valence-electron chi connectivity index (χ1n) is 6.87. The Labute approximate surface area is 134 Å². The quantitative estimate of drug-likeness (QED) is 0.670. The second kappa shape index (κ2) is 10.1. The van der Waals surface area contributed by atoms with Crippen molar-refractivity contribution < 1.29 is 19.3 Å². The molecule has 1 aromatic carbocycles. The van der Waals surface area contributed by atoms with Gasteiger partial charge in [-0.15, -0.1) is 0 Å². The number of hydrogen-bond acceptors (Lipinski definition) is 5. The van der Waals surface area contributed by atoms with Crippen LogP contribution in [0.3, 0.4) is 0 Å². The van der Waals surface area contributed by atoms with Gasteiger partial charge < -0.3 is 24.6 Å². The SMILES string of the molecule is COCc1c(Br)cccc1NCC(O)COC(C)COC. The summed E-state index contributed by atoms with van der Waals surface area (Å²) in [4.78, 5) is 0. The molecule has 0 aliphatic rings. The molecule has 0 heterocycles. The smallest absolute Gasteiger partial charge is 0.0945 e. The fourth-order valence-corrected chi connectivity index (χ4v) is 2.34. The first-order valence-corrected chi connectivity index (χ1v) is 7.66. The summed E-state index contributed by atoms with van der Waals surface area (Å²) in [5, 5.41) is 13.2. The minimum atomic E-state index is -0.585. The third-order valence-electron chi connectivity index (χ3n) is 2.91. The van der Waals surface area contributed by atoms with Gasteiger partial charge in [-0.1, -0.05) is 22.0 Å². The fraction of sp³-hybridized carbons (Fsp3) is 0.600. The van der Waals surface area contributed by atoms with Gasteiger partial charge in [-0.05, 0) is 19.1 Å². The van der Waals surface area contributed by atoms with Gasteiger partial charge in [0, 0.05) is 36.5 Å². The fourth-order valence-electron chi connectivity index (χ4n) is 1.86. The first-order chi connectivity index (χ1) is 10.1. The van der Waals surface area contributed by atoms with Crippen LogP contribution < -0.4 is 5.32 Å². The summed E-state index contributed by atoms with van der Waals surface area (Å²) in [5.74, 6) is 0. The van der Waals surface area contributed by atoms with Crippen LogP contribution in [0.5, 0.6) is 0 Å². The van der Waals surface area contributed by atoms with Gasteiger partial charge in [0.05, 0.1) is 32.0 Å². The molecule has 0 fully saturated rings. The van der Waals surface area contributed by atoms with Gasteiger partial charge >= 0.3 is 0 Å². The molecule has 0 aromatic heterocycles. The van der Waals surface area contributed by atoms with E-state index in [0.29, 0.717) is 19.8 Å². The molecular formula is C15H24BrNO4. The highest BCUT2D eigenvalue weighted by Gasteiger charge is 2.10. The Hall–Kier alpha value is -0.660. The molecule has 120 valence electrons. The van der Waals surface area contributed by atoms with Crippen LogP contribution in [-0.2, 0) is 20.8 Å². The molecule has 1 rings (SSSR count). The van der Waals surface area contributed by atoms with Crippen molar-refractivity contribution in [3.8, 4) is 0 Å². The van der Waals surface area contributed by atoms with Crippen LogP contribution in [0.2, 0.25) is 0 Å². The molecule has 0 aliphatic heterocycles. The van der Waals surface area contributed by atoms with Crippen LogP contribution in [0.4, 0.5) is 5.69 Å². The van der Waals surface area contributed by atoms with Crippen LogP contribution in [-0.4, -0.2) is 51.3 Å². The molecule has 6 heteroatoms. The standard InChI is InChI=1S/C15H24BrNO4/c1-11(8-19-2)21-9-12(18)7-17-15-6-4-5-14(16)13(15)10-20-3/h4-6,11-12,17-18H,7-10H2,1-3H3. The monoisotopic (exact) mass is 361 g/mol. The third-order valence-corrected chi connectivity index (χ3v) is 3.65. The Kier molecular flexibility index (Phi) is 8.87. The number of aliphatic hydroxyl groups excluding tert-OH is 1. The maximum absolute atomic E-state index is 9.95. The number of rotatable bonds is 10. The van der Waals surface area contributed by atoms with E-state index in [0.717, 1.165) is 15.7 Å². The average Bonchev–Trinajstić information content (AvgIpc) is 2.46. The number of nitrogens with one attached hydrogen (secondary N) is 1. The zero-order valence-electron chi connectivity index (χ0n) is 12.8. The van der Waals surface area contributed by atoms with Gasteiger partial charge in [0.1, 0.15) is 0 Å². The molecule has 0 spiro atoms. The van der Waals surface area contributed by atoms with E-state index in [1.165, 1.54) is 0 Å². The van der Waals surface area contributed by atoms with E-state index >= 15 is 0 Å². The average molecular weight is 362 g/mol. The largest absolute Gasteiger partial charge is 0.389 e. The molecule has 0 saturated carbocycles. The van der Waals surface area contributed by atoms with Crippen molar-refractivity contribution in [1.82, 2.24) is 0 Å². The topological polar surface area (TPSA) is 60.0 Å². The summed E-state index contributed by atoms with van der Waals surface area (Å²) < 4.78 is 16.6. The van der Waals surface area contributed by atoms with Crippen LogP contribution in [0.25, 0.3) is 0 Å². The van der Waals surface area contributed by atoms with E-state index in [4.69, 9.17) is 14.2 Å². The van der Waals surface area contributed by atoms with Gasteiger partial charge in [-0.2, -0.15) is 0 Å². The van der Waals surface area contributed by atoms with Crippen molar-refractivity contribution in [3.05, 3.63) is 28.2 Å². The van der Waals surface area contributed by atoms with Crippen molar-refractivity contribution >= 4 is 21.6 Å². The number of methoxy groups -OCH3 is 2. The Morgan fingerprint density at radius 1 is 1.24 bits per heavy atom. The van der Waals surface area contributed by atoms with Gasteiger partial charge in [0.25, 0.3) is 0 Å². The molecule has 0 aliphatic carbocycles. The maximum atomic E-state index is 9.95. The predicted molar refractivity (Wildman–Crippen MR) is 86.6 cm³/mol. The summed E-state index contributed by atoms with van der Waals surface area (Å²) in [7, 11) is 3.28. The number of aliphatic hydroxyl groups is 1. The normalized spacial score (nSPS) is 14.0. The van der Waals surface area contributed by atoms with E-state index < -0.39 is 6.10 Å². The minimum absolute atomic E-state index is 0.0282. The Morgan fingerprint density at radius 2 is 2.00 bits per heavy atom. The number of halogens is 1. The van der Waals surface area contributed by atoms with Crippen molar-refractivity contribution in [2.75, 3.05) is 39.3 Å². The minimum Gasteiger partial charge on any atom is -0.389 e. The molecule has 21 heavy (non-hydrogen) atoms. The Balaban J connectivity index is 2.45. The lowest BCUT2D eigenvalue weighted by atomic mass is 10.2. The highest BCUT2D eigenvalue weighted by molar-refractivity contribution is 9.10. The zero-order chi connectivity index (χ0) is 15.7. The number of ether oxygens (including phenoxy) is 3. The summed E-state index contributed by atoms with van der Waals surface area (Å²) >= 11 is 3.50. The highest BCUT2D eigenvalue weighted by atomic mass is 79.9. The summed E-state index contributed by atoms with van der Waals surface area (Å²) in [5.41, 5.74) is 1.97. The highest BCUT2D eigenvalue weighted by Crippen LogP contribution is 2.25. The third kappa shape index (κ3) is 6.76. The Morgan fingerprint density at radius 3 is 2.67 bits per heavy atom. The van der Waals surface area contributed by atoms with Crippen molar-refractivity contribution in [2.24, 2.45) is 0 Å². The summed E-state index contributed by atoms with van der Waals surface area (Å²) in [6.07, 6.45) is -0.613. The Bertz CT molecular complexity index is 417. The lowest BCUT2D eigenvalue weighted by molar-refractivity contribution is -0.0282. The molecule has 0 amide bonds. The van der Waals surface area contributed by atoms with Gasteiger partial charge in [-0.3, -0.25) is 0 Å². The second-order valence-corrected chi connectivity index (χ2v) is 5.69. The van der Waals surface area contributed by atoms with E-state index in [1.54, 1.807) is 14.2 Å². The lowest BCUT2D eigenvalue weighted by Crippen LogP contribution is -2.28. The molecule has 0 radical (unpaired) electrons. The summed E-state index contributed by atoms with van der Waals surface area (Å²) in [6.45, 7) is 3.61. The van der Waals surface area contributed by atoms with Crippen molar-refractivity contribution in [2.45, 2.75) is 25.7 Å². The molecule has 5 nitrogen and oxygen atoms in total. The van der Waals surface area contributed by atoms with Crippen LogP contribution >= 0.6 is 15.9 Å². The van der Waals surface area contributed by atoms with Gasteiger partial charge in [0.2, 0.25) is 0 Å². The summed E-state index contributed by atoms with van der Waals surface area (Å²) in [6, 6.07) is 5.86. The van der Waals surface area contributed by atoms with E-state index in [1.807, 2.05) is 25.1 Å². The molecular weight excluding hydrogens is 338 g/mol. The molecule has 1 aromatic rings. The molecule has 0 bridgehead atoms. The molecule has 0 saturated heterocycles. The van der Waals surface area contributed by atoms with Crippen LogP contribution in [0.15, 0.2) is 22.7 Å². The number of benzene rings is 1. The van der Waals surface area contributed by atoms with Crippen molar-refractivity contribution in [3.63, 3.8) is 0 Å². The number of anilines is 1. The van der Waals surface area contributed by atoms with Crippen molar-refractivity contribution in [1.29, 1.82) is 0 Å².